The van der Waals surface area contributed by atoms with E-state index in [1.807, 2.05) is 0 Å². The number of carbonyl (C=O) groups excluding carboxylic acids is 2. The third kappa shape index (κ3) is 4.47. The summed E-state index contributed by atoms with van der Waals surface area (Å²) in [6, 6.07) is 7.48. The number of aliphatic imine (C=N–C) groups is 1. The van der Waals surface area contributed by atoms with Gasteiger partial charge in [-0.25, -0.2) is 13.6 Å². The van der Waals surface area contributed by atoms with Gasteiger partial charge >= 0.3 is 0 Å². The summed E-state index contributed by atoms with van der Waals surface area (Å²) in [6.45, 7) is 1.86. The van der Waals surface area contributed by atoms with Gasteiger partial charge in [-0.05, 0) is 24.1 Å². The van der Waals surface area contributed by atoms with Crippen molar-refractivity contribution in [2.45, 2.75) is 30.3 Å². The molecule has 4 rings (SSSR count). The second-order valence-electron chi connectivity index (χ2n) is 8.73. The Morgan fingerprint density at radius 2 is 1.86 bits per heavy atom. The van der Waals surface area contributed by atoms with Gasteiger partial charge in [0.1, 0.15) is 22.1 Å². The molecule has 2 aromatic carbocycles. The summed E-state index contributed by atoms with van der Waals surface area (Å²) in [5.74, 6) is -1.82. The van der Waals surface area contributed by atoms with E-state index in [2.05, 4.69) is 4.99 Å². The van der Waals surface area contributed by atoms with Crippen molar-refractivity contribution >= 4 is 39.4 Å². The van der Waals surface area contributed by atoms with E-state index in [-0.39, 0.29) is 57.1 Å². The predicted octanol–water partition coefficient (Wildman–Crippen LogP) is 3.05. The smallest absolute Gasteiger partial charge is 0.238 e. The lowest BCUT2D eigenvalue weighted by Gasteiger charge is -2.36. The third-order valence-electron chi connectivity index (χ3n) is 6.51. The van der Waals surface area contributed by atoms with Crippen LogP contribution >= 0.6 is 11.6 Å². The van der Waals surface area contributed by atoms with Gasteiger partial charge in [0, 0.05) is 31.2 Å². The molecule has 196 valence electrons. The number of rotatable bonds is 7. The number of halogens is 1. The van der Waals surface area contributed by atoms with Crippen LogP contribution in [0.4, 0.5) is 0 Å². The molecule has 37 heavy (non-hydrogen) atoms. The van der Waals surface area contributed by atoms with Crippen molar-refractivity contribution in [2.24, 2.45) is 16.0 Å². The van der Waals surface area contributed by atoms with Crippen LogP contribution in [0, 0.1) is 5.92 Å². The first-order valence-electron chi connectivity index (χ1n) is 11.2. The molecule has 0 bridgehead atoms. The van der Waals surface area contributed by atoms with E-state index in [1.165, 1.54) is 38.6 Å². The topological polar surface area (TPSA) is 155 Å². The number of nitrogens with zero attached hydrogens (tertiary/aromatic N) is 1. The highest BCUT2D eigenvalue weighted by Gasteiger charge is 2.60. The molecule has 0 saturated carbocycles. The molecule has 1 spiro atoms. The summed E-state index contributed by atoms with van der Waals surface area (Å²) >= 11 is 6.42. The summed E-state index contributed by atoms with van der Waals surface area (Å²) in [6.07, 6.45) is 1.58. The van der Waals surface area contributed by atoms with Crippen molar-refractivity contribution < 1.29 is 37.3 Å². The fourth-order valence-electron chi connectivity index (χ4n) is 4.51. The van der Waals surface area contributed by atoms with E-state index in [0.717, 1.165) is 5.56 Å². The first-order chi connectivity index (χ1) is 17.4. The van der Waals surface area contributed by atoms with Crippen molar-refractivity contribution in [3.63, 3.8) is 0 Å². The Bertz CT molecular complexity index is 1450. The molecule has 2 aliphatic rings. The van der Waals surface area contributed by atoms with Crippen LogP contribution < -0.4 is 19.3 Å². The lowest BCUT2D eigenvalue weighted by atomic mass is 9.73. The standard InChI is InChI=1S/C25H25ClN2O8S/c1-13-10-17(29)16(12-28-9-8-14-4-6-15(7-5-14)37(27,32)33)23(30)25(13)24(31)20-18(34-2)11-19(35-3)21(26)22(20)36-25/h4-7,11-13,30H,8-10H2,1-3H3,(H2,27,32,33)/t13-,25+/m1/s1. The Balaban J connectivity index is 1.64. The average Bonchev–Trinajstić information content (AvgIpc) is 3.17. The van der Waals surface area contributed by atoms with E-state index in [9.17, 15) is 23.1 Å². The summed E-state index contributed by atoms with van der Waals surface area (Å²) in [4.78, 5) is 30.7. The van der Waals surface area contributed by atoms with E-state index < -0.39 is 33.1 Å². The van der Waals surface area contributed by atoms with Crippen LogP contribution in [0.25, 0.3) is 0 Å². The number of allylic oxidation sites excluding steroid dienone is 1. The molecule has 2 aromatic rings. The maximum atomic E-state index is 13.7. The van der Waals surface area contributed by atoms with Gasteiger partial charge < -0.3 is 19.3 Å². The molecule has 10 nitrogen and oxygen atoms in total. The van der Waals surface area contributed by atoms with Crippen LogP contribution in [0.2, 0.25) is 5.02 Å². The molecule has 1 aliphatic heterocycles. The summed E-state index contributed by atoms with van der Waals surface area (Å²) in [5, 5.41) is 16.4. The third-order valence-corrected chi connectivity index (χ3v) is 7.80. The monoisotopic (exact) mass is 548 g/mol. The van der Waals surface area contributed by atoms with Gasteiger partial charge in [0.2, 0.25) is 21.4 Å². The van der Waals surface area contributed by atoms with E-state index in [4.69, 9.17) is 31.0 Å². The molecule has 0 unspecified atom stereocenters. The number of fused-ring (bicyclic) bond motifs is 1. The number of sulfonamides is 1. The number of primary sulfonamides is 1. The molecular formula is C25H25ClN2O8S. The summed E-state index contributed by atoms with van der Waals surface area (Å²) in [5.41, 5.74) is -1.15. The molecule has 0 radical (unpaired) electrons. The van der Waals surface area contributed by atoms with Crippen molar-refractivity contribution in [3.05, 3.63) is 57.8 Å². The van der Waals surface area contributed by atoms with E-state index in [1.54, 1.807) is 19.1 Å². The number of hydrogen-bond acceptors (Lipinski definition) is 9. The minimum Gasteiger partial charge on any atom is -0.507 e. The molecule has 2 atom stereocenters. The average molecular weight is 549 g/mol. The van der Waals surface area contributed by atoms with Gasteiger partial charge in [-0.1, -0.05) is 30.7 Å². The number of Topliss-reactive ketones (excluding diaryl/α,β-unsaturated/α-hetero) is 2. The van der Waals surface area contributed by atoms with Gasteiger partial charge in [0.25, 0.3) is 0 Å². The molecular weight excluding hydrogens is 524 g/mol. The number of nitrogens with two attached hydrogens (primary N) is 1. The number of aliphatic hydroxyl groups is 1. The minimum atomic E-state index is -3.79. The highest BCUT2D eigenvalue weighted by Crippen LogP contribution is 2.54. The first-order valence-corrected chi connectivity index (χ1v) is 13.1. The molecule has 0 fully saturated rings. The maximum absolute atomic E-state index is 13.7. The first kappa shape index (κ1) is 26.6. The number of ketones is 2. The number of hydrogen-bond donors (Lipinski definition) is 2. The molecule has 3 N–H and O–H groups in total. The van der Waals surface area contributed by atoms with Gasteiger partial charge in [-0.3, -0.25) is 14.6 Å². The number of aliphatic hydroxyl groups excluding tert-OH is 1. The fraction of sp³-hybridized carbons (Fsp3) is 0.320. The lowest BCUT2D eigenvalue weighted by Crippen LogP contribution is -2.52. The van der Waals surface area contributed by atoms with E-state index in [0.29, 0.717) is 6.42 Å². The SMILES string of the molecule is COc1cc(OC)c2c(c1Cl)O[C@]1(C2=O)C(O)=C(C=NCCc2ccc(S(N)(=O)=O)cc2)C(=O)C[C@H]1C. The highest BCUT2D eigenvalue weighted by atomic mass is 35.5. The largest absolute Gasteiger partial charge is 0.507 e. The Hall–Kier alpha value is -3.41. The van der Waals surface area contributed by atoms with Gasteiger partial charge in [0.05, 0.1) is 24.7 Å². The molecule has 0 aromatic heterocycles. The Labute approximate surface area is 218 Å². The maximum Gasteiger partial charge on any atom is 0.238 e. The highest BCUT2D eigenvalue weighted by molar-refractivity contribution is 7.89. The molecule has 12 heteroatoms. The number of carbonyl (C=O) groups is 2. The van der Waals surface area contributed by atoms with Gasteiger partial charge in [-0.15, -0.1) is 0 Å². The van der Waals surface area contributed by atoms with E-state index >= 15 is 0 Å². The van der Waals surface area contributed by atoms with Gasteiger partial charge in [0.15, 0.2) is 17.3 Å². The normalized spacial score (nSPS) is 21.5. The quantitative estimate of drug-likeness (QED) is 0.500. The van der Waals surface area contributed by atoms with Crippen LogP contribution in [0.3, 0.4) is 0 Å². The Morgan fingerprint density at radius 3 is 2.46 bits per heavy atom. The number of ether oxygens (including phenoxy) is 3. The molecule has 1 aliphatic carbocycles. The zero-order valence-corrected chi connectivity index (χ0v) is 21.9. The minimum absolute atomic E-state index is 0.00127. The molecule has 0 saturated heterocycles. The molecule has 1 heterocycles. The number of methoxy groups -OCH3 is 2. The van der Waals surface area contributed by atoms with Crippen LogP contribution in [-0.4, -0.2) is 57.7 Å². The fourth-order valence-corrected chi connectivity index (χ4v) is 5.29. The van der Waals surface area contributed by atoms with Crippen molar-refractivity contribution in [1.29, 1.82) is 0 Å². The van der Waals surface area contributed by atoms with Crippen molar-refractivity contribution in [2.75, 3.05) is 20.8 Å². The Kier molecular flexibility index (Phi) is 7.06. The van der Waals surface area contributed by atoms with Crippen LogP contribution in [-0.2, 0) is 21.2 Å². The van der Waals surface area contributed by atoms with Crippen LogP contribution in [0.5, 0.6) is 17.2 Å². The van der Waals surface area contributed by atoms with Crippen LogP contribution in [0.15, 0.2) is 51.6 Å². The second-order valence-corrected chi connectivity index (χ2v) is 10.7. The van der Waals surface area contributed by atoms with Crippen molar-refractivity contribution in [3.8, 4) is 17.2 Å². The zero-order chi connectivity index (χ0) is 27.1. The number of benzene rings is 2. The lowest BCUT2D eigenvalue weighted by molar-refractivity contribution is -0.118. The second kappa shape index (κ2) is 9.81. The zero-order valence-electron chi connectivity index (χ0n) is 20.3. The van der Waals surface area contributed by atoms with Gasteiger partial charge in [-0.2, -0.15) is 0 Å². The summed E-state index contributed by atoms with van der Waals surface area (Å²) < 4.78 is 39.4. The van der Waals surface area contributed by atoms with Crippen LogP contribution in [0.1, 0.15) is 29.3 Å². The molecule has 0 amide bonds. The predicted molar refractivity (Wildman–Crippen MR) is 136 cm³/mol. The summed E-state index contributed by atoms with van der Waals surface area (Å²) in [7, 11) is -1.00. The Morgan fingerprint density at radius 1 is 1.22 bits per heavy atom. The van der Waals surface area contributed by atoms with Crippen molar-refractivity contribution in [1.82, 2.24) is 0 Å².